The summed E-state index contributed by atoms with van der Waals surface area (Å²) in [5.41, 5.74) is -0.278. The third-order valence-electron chi connectivity index (χ3n) is 3.80. The Morgan fingerprint density at radius 3 is 2.55 bits per heavy atom. The first kappa shape index (κ1) is 18.0. The molecule has 122 valence electrons. The summed E-state index contributed by atoms with van der Waals surface area (Å²) < 4.78 is 5.30. The van der Waals surface area contributed by atoms with Crippen LogP contribution in [0, 0.1) is 0 Å². The highest BCUT2D eigenvalue weighted by Gasteiger charge is 2.34. The molecule has 0 radical (unpaired) electrons. The number of para-hydroxylation sites is 1. The molecule has 0 spiro atoms. The molecule has 1 aromatic rings. The van der Waals surface area contributed by atoms with Gasteiger partial charge in [-0.3, -0.25) is 4.79 Å². The average Bonchev–Trinajstić information content (AvgIpc) is 2.46. The Bertz CT molecular complexity index is 529. The molecule has 0 fully saturated rings. The molecule has 0 saturated heterocycles. The van der Waals surface area contributed by atoms with Crippen molar-refractivity contribution in [2.45, 2.75) is 51.5 Å². The third kappa shape index (κ3) is 4.48. The van der Waals surface area contributed by atoms with Crippen molar-refractivity contribution < 1.29 is 19.4 Å². The zero-order chi connectivity index (χ0) is 16.8. The van der Waals surface area contributed by atoms with E-state index in [-0.39, 0.29) is 18.2 Å². The fraction of sp³-hybridized carbons (Fsp3) is 0.529. The molecule has 1 aromatic carbocycles. The highest BCUT2D eigenvalue weighted by molar-refractivity contribution is 5.87. The minimum Gasteiger partial charge on any atom is -0.496 e. The number of carbonyl (C=O) groups is 2. The van der Waals surface area contributed by atoms with E-state index in [1.165, 1.54) is 0 Å². The summed E-state index contributed by atoms with van der Waals surface area (Å²) in [6.45, 7) is 5.37. The van der Waals surface area contributed by atoms with E-state index in [1.54, 1.807) is 14.0 Å². The summed E-state index contributed by atoms with van der Waals surface area (Å²) in [4.78, 5) is 23.6. The lowest BCUT2D eigenvalue weighted by Gasteiger charge is -2.26. The van der Waals surface area contributed by atoms with Crippen LogP contribution in [-0.2, 0) is 9.59 Å². The molecule has 22 heavy (non-hydrogen) atoms. The molecule has 0 saturated carbocycles. The molecule has 0 aromatic heterocycles. The topological polar surface area (TPSA) is 75.6 Å². The monoisotopic (exact) mass is 307 g/mol. The number of ether oxygens (including phenoxy) is 1. The first-order valence-electron chi connectivity index (χ1n) is 7.51. The Kier molecular flexibility index (Phi) is 6.40. The van der Waals surface area contributed by atoms with Gasteiger partial charge in [-0.25, -0.2) is 4.79 Å². The summed E-state index contributed by atoms with van der Waals surface area (Å²) >= 11 is 0. The van der Waals surface area contributed by atoms with E-state index < -0.39 is 11.5 Å². The number of nitrogens with one attached hydrogen (secondary N) is 1. The zero-order valence-corrected chi connectivity index (χ0v) is 13.7. The second-order valence-electron chi connectivity index (χ2n) is 5.78. The zero-order valence-electron chi connectivity index (χ0n) is 13.7. The molecular formula is C17H25NO4. The number of carbonyl (C=O) groups excluding carboxylic acids is 1. The van der Waals surface area contributed by atoms with Gasteiger partial charge < -0.3 is 15.2 Å². The second kappa shape index (κ2) is 7.82. The van der Waals surface area contributed by atoms with E-state index in [0.717, 1.165) is 11.3 Å². The van der Waals surface area contributed by atoms with Gasteiger partial charge in [0.15, 0.2) is 0 Å². The maximum atomic E-state index is 12.2. The van der Waals surface area contributed by atoms with E-state index in [1.807, 2.05) is 38.1 Å². The molecule has 2 unspecified atom stereocenters. The van der Waals surface area contributed by atoms with Crippen LogP contribution < -0.4 is 10.1 Å². The van der Waals surface area contributed by atoms with E-state index in [9.17, 15) is 14.7 Å². The first-order chi connectivity index (χ1) is 10.3. The summed E-state index contributed by atoms with van der Waals surface area (Å²) in [6.07, 6.45) is 1.30. The molecule has 0 aliphatic heterocycles. The van der Waals surface area contributed by atoms with Crippen molar-refractivity contribution >= 4 is 11.9 Å². The quantitative estimate of drug-likeness (QED) is 0.774. The molecule has 1 amide bonds. The molecule has 2 N–H and O–H groups in total. The molecule has 0 bridgehead atoms. The largest absolute Gasteiger partial charge is 0.496 e. The smallest absolute Gasteiger partial charge is 0.329 e. The SMILES string of the molecule is CCCC(C)(NC(=O)CC(C)c1ccccc1OC)C(=O)O. The van der Waals surface area contributed by atoms with Crippen molar-refractivity contribution in [3.05, 3.63) is 29.8 Å². The lowest BCUT2D eigenvalue weighted by atomic mass is 9.93. The molecule has 2 atom stereocenters. The van der Waals surface area contributed by atoms with Crippen molar-refractivity contribution in [2.24, 2.45) is 0 Å². The van der Waals surface area contributed by atoms with Crippen LogP contribution in [0.1, 0.15) is 51.5 Å². The van der Waals surface area contributed by atoms with Gasteiger partial charge in [0.2, 0.25) is 5.91 Å². The number of aliphatic carboxylic acids is 1. The number of hydrogen-bond donors (Lipinski definition) is 2. The molecule has 1 rings (SSSR count). The Morgan fingerprint density at radius 1 is 1.36 bits per heavy atom. The minimum atomic E-state index is -1.22. The summed E-state index contributed by atoms with van der Waals surface area (Å²) in [5, 5.41) is 12.0. The Morgan fingerprint density at radius 2 is 2.00 bits per heavy atom. The van der Waals surface area contributed by atoms with Gasteiger partial charge in [0.05, 0.1) is 7.11 Å². The van der Waals surface area contributed by atoms with Gasteiger partial charge in [-0.15, -0.1) is 0 Å². The van der Waals surface area contributed by atoms with E-state index >= 15 is 0 Å². The fourth-order valence-corrected chi connectivity index (χ4v) is 2.54. The van der Waals surface area contributed by atoms with Gasteiger partial charge in [-0.1, -0.05) is 38.5 Å². The van der Waals surface area contributed by atoms with Crippen LogP contribution in [0.4, 0.5) is 0 Å². The number of methoxy groups -OCH3 is 1. The molecular weight excluding hydrogens is 282 g/mol. The van der Waals surface area contributed by atoms with Crippen molar-refractivity contribution in [1.29, 1.82) is 0 Å². The lowest BCUT2D eigenvalue weighted by molar-refractivity contribution is -0.147. The number of carboxylic acids is 1. The molecule has 0 heterocycles. The van der Waals surface area contributed by atoms with Crippen molar-refractivity contribution in [1.82, 2.24) is 5.32 Å². The molecule has 0 aliphatic carbocycles. The summed E-state index contributed by atoms with van der Waals surface area (Å²) in [6, 6.07) is 7.53. The van der Waals surface area contributed by atoms with Gasteiger partial charge in [0.25, 0.3) is 0 Å². The lowest BCUT2D eigenvalue weighted by Crippen LogP contribution is -2.52. The van der Waals surface area contributed by atoms with E-state index in [4.69, 9.17) is 4.74 Å². The molecule has 0 aliphatic rings. The number of benzene rings is 1. The highest BCUT2D eigenvalue weighted by Crippen LogP contribution is 2.28. The van der Waals surface area contributed by atoms with E-state index in [0.29, 0.717) is 12.8 Å². The van der Waals surface area contributed by atoms with Crippen LogP contribution >= 0.6 is 0 Å². The second-order valence-corrected chi connectivity index (χ2v) is 5.78. The van der Waals surface area contributed by atoms with Gasteiger partial charge in [-0.05, 0) is 30.9 Å². The van der Waals surface area contributed by atoms with Gasteiger partial charge in [0, 0.05) is 6.42 Å². The first-order valence-corrected chi connectivity index (χ1v) is 7.51. The van der Waals surface area contributed by atoms with Gasteiger partial charge in [0.1, 0.15) is 11.3 Å². The molecule has 5 heteroatoms. The minimum absolute atomic E-state index is 0.0594. The number of carboxylic acid groups (broad SMARTS) is 1. The van der Waals surface area contributed by atoms with Crippen molar-refractivity contribution in [2.75, 3.05) is 7.11 Å². The predicted octanol–water partition coefficient (Wildman–Crippen LogP) is 2.95. The Hall–Kier alpha value is -2.04. The predicted molar refractivity (Wildman–Crippen MR) is 85.1 cm³/mol. The maximum absolute atomic E-state index is 12.2. The van der Waals surface area contributed by atoms with Crippen LogP contribution in [-0.4, -0.2) is 29.6 Å². The van der Waals surface area contributed by atoms with E-state index in [2.05, 4.69) is 5.32 Å². The van der Waals surface area contributed by atoms with Crippen molar-refractivity contribution in [3.8, 4) is 5.75 Å². The maximum Gasteiger partial charge on any atom is 0.329 e. The number of amides is 1. The fourth-order valence-electron chi connectivity index (χ4n) is 2.54. The van der Waals surface area contributed by atoms with Crippen LogP contribution in [0.5, 0.6) is 5.75 Å². The average molecular weight is 307 g/mol. The Labute approximate surface area is 131 Å². The summed E-state index contributed by atoms with van der Waals surface area (Å²) in [7, 11) is 1.59. The van der Waals surface area contributed by atoms with Gasteiger partial charge >= 0.3 is 5.97 Å². The normalized spacial score (nSPS) is 14.7. The molecule has 5 nitrogen and oxygen atoms in total. The van der Waals surface area contributed by atoms with Gasteiger partial charge in [-0.2, -0.15) is 0 Å². The highest BCUT2D eigenvalue weighted by atomic mass is 16.5. The number of rotatable bonds is 8. The Balaban J connectivity index is 2.77. The van der Waals surface area contributed by atoms with Crippen molar-refractivity contribution in [3.63, 3.8) is 0 Å². The third-order valence-corrected chi connectivity index (χ3v) is 3.80. The number of hydrogen-bond acceptors (Lipinski definition) is 3. The summed E-state index contributed by atoms with van der Waals surface area (Å²) in [5.74, 6) is -0.599. The standard InChI is InChI=1S/C17H25NO4/c1-5-10-17(3,16(20)21)18-15(19)11-12(2)13-8-6-7-9-14(13)22-4/h6-9,12H,5,10-11H2,1-4H3,(H,18,19)(H,20,21). The van der Waals surface area contributed by atoms with Crippen LogP contribution in [0.15, 0.2) is 24.3 Å². The van der Waals surface area contributed by atoms with Crippen LogP contribution in [0.3, 0.4) is 0 Å². The van der Waals surface area contributed by atoms with Crippen LogP contribution in [0.25, 0.3) is 0 Å². The van der Waals surface area contributed by atoms with Crippen LogP contribution in [0.2, 0.25) is 0 Å².